The molecular formula is C16H24N2O. The lowest BCUT2D eigenvalue weighted by Gasteiger charge is -2.23. The Morgan fingerprint density at radius 2 is 2.16 bits per heavy atom. The van der Waals surface area contributed by atoms with E-state index in [-0.39, 0.29) is 11.9 Å². The van der Waals surface area contributed by atoms with Gasteiger partial charge in [-0.25, -0.2) is 0 Å². The van der Waals surface area contributed by atoms with Crippen LogP contribution < -0.4 is 11.1 Å². The molecule has 0 saturated heterocycles. The minimum absolute atomic E-state index is 0.0907. The van der Waals surface area contributed by atoms with E-state index < -0.39 is 0 Å². The van der Waals surface area contributed by atoms with Crippen LogP contribution in [-0.4, -0.2) is 18.5 Å². The van der Waals surface area contributed by atoms with E-state index in [9.17, 15) is 4.79 Å². The van der Waals surface area contributed by atoms with Crippen molar-refractivity contribution in [3.63, 3.8) is 0 Å². The Bertz CT molecular complexity index is 425. The van der Waals surface area contributed by atoms with Crippen molar-refractivity contribution in [3.05, 3.63) is 35.4 Å². The topological polar surface area (TPSA) is 55.1 Å². The summed E-state index contributed by atoms with van der Waals surface area (Å²) in [5.41, 5.74) is 8.06. The molecule has 0 aliphatic heterocycles. The smallest absolute Gasteiger partial charge is 0.224 e. The average molecular weight is 260 g/mol. The molecule has 1 aliphatic carbocycles. The molecule has 3 nitrogen and oxygen atoms in total. The largest absolute Gasteiger partial charge is 0.352 e. The Balaban J connectivity index is 1.89. The third-order valence-electron chi connectivity index (χ3n) is 4.02. The van der Waals surface area contributed by atoms with Crippen LogP contribution in [0.1, 0.15) is 36.8 Å². The molecule has 1 unspecified atom stereocenters. The number of aryl methyl sites for hydroxylation is 1. The van der Waals surface area contributed by atoms with E-state index >= 15 is 0 Å². The highest BCUT2D eigenvalue weighted by Crippen LogP contribution is 2.27. The molecule has 0 aromatic heterocycles. The maximum atomic E-state index is 12.1. The Kier molecular flexibility index (Phi) is 4.97. The molecule has 2 rings (SSSR count). The van der Waals surface area contributed by atoms with Gasteiger partial charge < -0.3 is 11.1 Å². The molecule has 1 aromatic rings. The summed E-state index contributed by atoms with van der Waals surface area (Å²) < 4.78 is 0. The van der Waals surface area contributed by atoms with Gasteiger partial charge in [-0.3, -0.25) is 4.79 Å². The van der Waals surface area contributed by atoms with Crippen LogP contribution in [0.2, 0.25) is 0 Å². The fraction of sp³-hybridized carbons (Fsp3) is 0.562. The van der Waals surface area contributed by atoms with E-state index in [0.717, 1.165) is 5.56 Å². The van der Waals surface area contributed by atoms with Crippen molar-refractivity contribution in [3.8, 4) is 0 Å². The predicted octanol–water partition coefficient (Wildman–Crippen LogP) is 2.17. The van der Waals surface area contributed by atoms with Crippen LogP contribution in [0.15, 0.2) is 24.3 Å². The summed E-state index contributed by atoms with van der Waals surface area (Å²) in [6, 6.07) is 8.25. The van der Waals surface area contributed by atoms with Crippen molar-refractivity contribution >= 4 is 5.91 Å². The second kappa shape index (κ2) is 6.71. The number of benzene rings is 1. The second-order valence-corrected chi connectivity index (χ2v) is 5.62. The fourth-order valence-electron chi connectivity index (χ4n) is 2.99. The molecule has 0 bridgehead atoms. The fourth-order valence-corrected chi connectivity index (χ4v) is 2.99. The number of nitrogens with one attached hydrogen (secondary N) is 1. The highest BCUT2D eigenvalue weighted by Gasteiger charge is 2.25. The van der Waals surface area contributed by atoms with Gasteiger partial charge in [0.2, 0.25) is 5.91 Å². The molecule has 19 heavy (non-hydrogen) atoms. The third kappa shape index (κ3) is 4.06. The maximum absolute atomic E-state index is 12.1. The number of amides is 1. The Morgan fingerprint density at radius 1 is 1.42 bits per heavy atom. The second-order valence-electron chi connectivity index (χ2n) is 5.62. The van der Waals surface area contributed by atoms with Gasteiger partial charge in [0.05, 0.1) is 6.42 Å². The van der Waals surface area contributed by atoms with E-state index in [1.54, 1.807) is 0 Å². The monoisotopic (exact) mass is 260 g/mol. The standard InChI is InChI=1S/C16H24N2O/c1-12-5-4-6-13(9-12)10-16(19)18-15(11-17)14-7-2-3-8-14/h4-6,9,14-15H,2-3,7-8,10-11,17H2,1H3,(H,18,19). The lowest BCUT2D eigenvalue weighted by atomic mass is 9.98. The molecule has 1 saturated carbocycles. The maximum Gasteiger partial charge on any atom is 0.224 e. The number of carbonyl (C=O) groups is 1. The van der Waals surface area contributed by atoms with Crippen LogP contribution in [0.3, 0.4) is 0 Å². The average Bonchev–Trinajstić information content (AvgIpc) is 2.89. The van der Waals surface area contributed by atoms with Crippen LogP contribution in [0.25, 0.3) is 0 Å². The van der Waals surface area contributed by atoms with E-state index in [1.807, 2.05) is 25.1 Å². The first-order valence-electron chi connectivity index (χ1n) is 7.24. The first-order valence-corrected chi connectivity index (χ1v) is 7.24. The molecule has 1 fully saturated rings. The zero-order chi connectivity index (χ0) is 13.7. The summed E-state index contributed by atoms with van der Waals surface area (Å²) in [5.74, 6) is 0.666. The van der Waals surface area contributed by atoms with Crippen molar-refractivity contribution in [1.82, 2.24) is 5.32 Å². The molecule has 1 amide bonds. The summed E-state index contributed by atoms with van der Waals surface area (Å²) >= 11 is 0. The van der Waals surface area contributed by atoms with E-state index in [0.29, 0.717) is 18.9 Å². The lowest BCUT2D eigenvalue weighted by molar-refractivity contribution is -0.121. The number of hydrogen-bond donors (Lipinski definition) is 2. The van der Waals surface area contributed by atoms with Gasteiger partial charge in [-0.15, -0.1) is 0 Å². The normalized spacial score (nSPS) is 17.4. The molecule has 1 aliphatic rings. The van der Waals surface area contributed by atoms with E-state index in [4.69, 9.17) is 5.73 Å². The first-order chi connectivity index (χ1) is 9.19. The van der Waals surface area contributed by atoms with E-state index in [1.165, 1.54) is 31.2 Å². The van der Waals surface area contributed by atoms with Gasteiger partial charge >= 0.3 is 0 Å². The predicted molar refractivity (Wildman–Crippen MR) is 77.8 cm³/mol. The van der Waals surface area contributed by atoms with Gasteiger partial charge in [-0.05, 0) is 31.2 Å². The van der Waals surface area contributed by atoms with Crippen LogP contribution in [0.4, 0.5) is 0 Å². The van der Waals surface area contributed by atoms with Crippen molar-refractivity contribution in [2.75, 3.05) is 6.54 Å². The highest BCUT2D eigenvalue weighted by molar-refractivity contribution is 5.79. The molecule has 3 heteroatoms. The zero-order valence-electron chi connectivity index (χ0n) is 11.7. The van der Waals surface area contributed by atoms with Crippen molar-refractivity contribution in [2.45, 2.75) is 45.1 Å². The van der Waals surface area contributed by atoms with Crippen LogP contribution >= 0.6 is 0 Å². The molecule has 0 spiro atoms. The van der Waals surface area contributed by atoms with Crippen molar-refractivity contribution in [1.29, 1.82) is 0 Å². The quantitative estimate of drug-likeness (QED) is 0.852. The SMILES string of the molecule is Cc1cccc(CC(=O)NC(CN)C2CCCC2)c1. The summed E-state index contributed by atoms with van der Waals surface area (Å²) in [4.78, 5) is 12.1. The van der Waals surface area contributed by atoms with Crippen LogP contribution in [0.5, 0.6) is 0 Å². The third-order valence-corrected chi connectivity index (χ3v) is 4.02. The summed E-state index contributed by atoms with van der Waals surface area (Å²) in [6.07, 6.45) is 5.40. The molecule has 1 aromatic carbocycles. The van der Waals surface area contributed by atoms with Crippen LogP contribution in [-0.2, 0) is 11.2 Å². The summed E-state index contributed by atoms with van der Waals surface area (Å²) in [6.45, 7) is 2.59. The van der Waals surface area contributed by atoms with Crippen molar-refractivity contribution < 1.29 is 4.79 Å². The lowest BCUT2D eigenvalue weighted by Crippen LogP contribution is -2.45. The Labute approximate surface area is 115 Å². The molecule has 104 valence electrons. The number of nitrogens with two attached hydrogens (primary N) is 1. The van der Waals surface area contributed by atoms with Gasteiger partial charge in [0.15, 0.2) is 0 Å². The molecule has 1 atom stereocenters. The number of hydrogen-bond acceptors (Lipinski definition) is 2. The molecule has 0 radical (unpaired) electrons. The van der Waals surface area contributed by atoms with Crippen LogP contribution in [0, 0.1) is 12.8 Å². The first kappa shape index (κ1) is 14.1. The molecule has 3 N–H and O–H groups in total. The zero-order valence-corrected chi connectivity index (χ0v) is 11.7. The highest BCUT2D eigenvalue weighted by atomic mass is 16.1. The minimum Gasteiger partial charge on any atom is -0.352 e. The van der Waals surface area contributed by atoms with E-state index in [2.05, 4.69) is 11.4 Å². The van der Waals surface area contributed by atoms with Gasteiger partial charge in [0.1, 0.15) is 0 Å². The van der Waals surface area contributed by atoms with Gasteiger partial charge in [0.25, 0.3) is 0 Å². The summed E-state index contributed by atoms with van der Waals surface area (Å²) in [7, 11) is 0. The van der Waals surface area contributed by atoms with Gasteiger partial charge in [-0.2, -0.15) is 0 Å². The van der Waals surface area contributed by atoms with Gasteiger partial charge in [-0.1, -0.05) is 42.7 Å². The Morgan fingerprint density at radius 3 is 2.79 bits per heavy atom. The number of rotatable bonds is 5. The van der Waals surface area contributed by atoms with Crippen molar-refractivity contribution in [2.24, 2.45) is 11.7 Å². The minimum atomic E-state index is 0.0907. The van der Waals surface area contributed by atoms with Gasteiger partial charge in [0, 0.05) is 12.6 Å². The molecule has 0 heterocycles. The summed E-state index contributed by atoms with van der Waals surface area (Å²) in [5, 5.41) is 3.11. The molecular weight excluding hydrogens is 236 g/mol. The number of carbonyl (C=O) groups excluding carboxylic acids is 1. The Hall–Kier alpha value is -1.35.